The number of nitrogens with zero attached hydrogens (tertiary/aromatic N) is 2. The molecule has 3 N–H and O–H groups in total. The van der Waals surface area contributed by atoms with Crippen molar-refractivity contribution in [1.29, 1.82) is 0 Å². The van der Waals surface area contributed by atoms with E-state index in [1.807, 2.05) is 12.1 Å². The molecule has 1 aliphatic heterocycles. The van der Waals surface area contributed by atoms with Crippen LogP contribution in [0.25, 0.3) is 10.2 Å². The molecule has 1 aromatic carbocycles. The highest BCUT2D eigenvalue weighted by molar-refractivity contribution is 7.21. The largest absolute Gasteiger partial charge is 0.397 e. The van der Waals surface area contributed by atoms with Crippen molar-refractivity contribution in [3.63, 3.8) is 0 Å². The first-order valence-corrected chi connectivity index (χ1v) is 11.5. The molecule has 0 unspecified atom stereocenters. The summed E-state index contributed by atoms with van der Waals surface area (Å²) in [5.74, 6) is -0.254. The lowest BCUT2D eigenvalue weighted by Crippen LogP contribution is -2.40. The Balaban J connectivity index is 1.71. The lowest BCUT2D eigenvalue weighted by molar-refractivity contribution is 0.0364. The molecule has 3 aromatic rings. The van der Waals surface area contributed by atoms with Crippen LogP contribution in [-0.2, 0) is 16.7 Å². The molecule has 0 radical (unpaired) electrons. The number of ketones is 1. The van der Waals surface area contributed by atoms with Gasteiger partial charge < -0.3 is 10.5 Å². The number of benzene rings is 1. The minimum Gasteiger partial charge on any atom is -0.397 e. The summed E-state index contributed by atoms with van der Waals surface area (Å²) in [4.78, 5) is 43.6. The van der Waals surface area contributed by atoms with Crippen LogP contribution in [0.2, 0.25) is 0 Å². The highest BCUT2D eigenvalue weighted by Gasteiger charge is 2.23. The number of nitrogens with one attached hydrogen (secondary N) is 1. The molecule has 0 spiro atoms. The van der Waals surface area contributed by atoms with Crippen LogP contribution in [-0.4, -0.2) is 53.1 Å². The number of H-pyrrole nitrogens is 1. The van der Waals surface area contributed by atoms with Gasteiger partial charge in [-0.2, -0.15) is 0 Å². The molecule has 0 saturated carbocycles. The molecule has 1 fully saturated rings. The molecule has 32 heavy (non-hydrogen) atoms. The highest BCUT2D eigenvalue weighted by atomic mass is 32.1. The lowest BCUT2D eigenvalue weighted by atomic mass is 9.86. The Morgan fingerprint density at radius 3 is 2.41 bits per heavy atom. The number of aromatic amines is 1. The Morgan fingerprint density at radius 2 is 1.78 bits per heavy atom. The fourth-order valence-corrected chi connectivity index (χ4v) is 5.06. The number of nitrogen functional groups attached to an aromatic ring is 1. The number of anilines is 1. The third-order valence-corrected chi connectivity index (χ3v) is 7.05. The van der Waals surface area contributed by atoms with Crippen LogP contribution in [0.3, 0.4) is 0 Å². The molecule has 0 bridgehead atoms. The van der Waals surface area contributed by atoms with Gasteiger partial charge in [0.05, 0.1) is 24.3 Å². The van der Waals surface area contributed by atoms with Crippen LogP contribution in [0.5, 0.6) is 0 Å². The second kappa shape index (κ2) is 8.65. The number of rotatable bonds is 5. The van der Waals surface area contributed by atoms with E-state index < -0.39 is 11.2 Å². The predicted molar refractivity (Wildman–Crippen MR) is 127 cm³/mol. The second-order valence-corrected chi connectivity index (χ2v) is 10.0. The van der Waals surface area contributed by atoms with Gasteiger partial charge in [-0.25, -0.2) is 4.79 Å². The summed E-state index contributed by atoms with van der Waals surface area (Å²) in [7, 11) is 0. The van der Waals surface area contributed by atoms with Crippen LogP contribution >= 0.6 is 11.3 Å². The van der Waals surface area contributed by atoms with Crippen molar-refractivity contribution in [2.45, 2.75) is 32.7 Å². The molecule has 170 valence electrons. The average Bonchev–Trinajstić information content (AvgIpc) is 3.10. The van der Waals surface area contributed by atoms with E-state index in [2.05, 4.69) is 30.7 Å². The third-order valence-electron chi connectivity index (χ3n) is 5.83. The number of hydrogen-bond acceptors (Lipinski definition) is 7. The van der Waals surface area contributed by atoms with Gasteiger partial charge in [-0.3, -0.25) is 24.0 Å². The quantitative estimate of drug-likeness (QED) is 0.570. The summed E-state index contributed by atoms with van der Waals surface area (Å²) in [5.41, 5.74) is 6.91. The van der Waals surface area contributed by atoms with E-state index in [1.54, 1.807) is 12.1 Å². The van der Waals surface area contributed by atoms with Gasteiger partial charge >= 0.3 is 5.69 Å². The van der Waals surface area contributed by atoms with Gasteiger partial charge in [-0.15, -0.1) is 11.3 Å². The van der Waals surface area contributed by atoms with Crippen molar-refractivity contribution in [1.82, 2.24) is 14.5 Å². The van der Waals surface area contributed by atoms with E-state index in [0.29, 0.717) is 36.7 Å². The molecule has 1 saturated heterocycles. The summed E-state index contributed by atoms with van der Waals surface area (Å²) in [6.07, 6.45) is 0. The maximum atomic E-state index is 13.2. The molecule has 0 aliphatic carbocycles. The Bertz CT molecular complexity index is 1260. The number of aromatic nitrogens is 2. The van der Waals surface area contributed by atoms with Crippen LogP contribution in [0.15, 0.2) is 33.9 Å². The number of hydrogen-bond donors (Lipinski definition) is 2. The standard InChI is InChI=1S/C23H28N4O4S/c1-23(2,3)15-6-4-14(5-7-15)18(28)19-17(24)16-20(29)25-22(30)27(21(16)32-19)9-8-26-10-12-31-13-11-26/h4-7H,8-13,24H2,1-3H3,(H,25,29,30). The number of ether oxygens (including phenoxy) is 1. The first-order chi connectivity index (χ1) is 15.2. The Morgan fingerprint density at radius 1 is 1.12 bits per heavy atom. The molecule has 2 aromatic heterocycles. The summed E-state index contributed by atoms with van der Waals surface area (Å²) < 4.78 is 6.87. The first kappa shape index (κ1) is 22.4. The maximum absolute atomic E-state index is 13.2. The SMILES string of the molecule is CC(C)(C)c1ccc(C(=O)c2sc3c(c2N)c(=O)[nH]c(=O)n3CCN2CCOCC2)cc1. The van der Waals surface area contributed by atoms with E-state index in [1.165, 1.54) is 4.57 Å². The number of fused-ring (bicyclic) bond motifs is 1. The first-order valence-electron chi connectivity index (χ1n) is 10.7. The topological polar surface area (TPSA) is 110 Å². The predicted octanol–water partition coefficient (Wildman–Crippen LogP) is 2.19. The average molecular weight is 457 g/mol. The van der Waals surface area contributed by atoms with Crippen molar-refractivity contribution in [2.75, 3.05) is 38.6 Å². The molecule has 0 amide bonds. The van der Waals surface area contributed by atoms with Crippen molar-refractivity contribution in [3.05, 3.63) is 61.1 Å². The van der Waals surface area contributed by atoms with E-state index in [4.69, 9.17) is 10.5 Å². The van der Waals surface area contributed by atoms with E-state index in [-0.39, 0.29) is 27.1 Å². The van der Waals surface area contributed by atoms with Gasteiger partial charge in [0.2, 0.25) is 5.78 Å². The van der Waals surface area contributed by atoms with Gasteiger partial charge in [0.1, 0.15) is 9.71 Å². The van der Waals surface area contributed by atoms with Gasteiger partial charge in [0.25, 0.3) is 5.56 Å². The summed E-state index contributed by atoms with van der Waals surface area (Å²) in [6.45, 7) is 10.3. The molecule has 0 atom stereocenters. The van der Waals surface area contributed by atoms with Gasteiger partial charge in [0, 0.05) is 31.7 Å². The number of nitrogens with two attached hydrogens (primary N) is 1. The number of carbonyl (C=O) groups excluding carboxylic acids is 1. The molecule has 1 aliphatic rings. The summed E-state index contributed by atoms with van der Waals surface area (Å²) >= 11 is 1.10. The Hall–Kier alpha value is -2.75. The zero-order valence-electron chi connectivity index (χ0n) is 18.6. The second-order valence-electron chi connectivity index (χ2n) is 9.05. The van der Waals surface area contributed by atoms with E-state index in [0.717, 1.165) is 30.0 Å². The van der Waals surface area contributed by atoms with Crippen molar-refractivity contribution < 1.29 is 9.53 Å². The molecular formula is C23H28N4O4S. The van der Waals surface area contributed by atoms with Crippen molar-refractivity contribution in [3.8, 4) is 0 Å². The third kappa shape index (κ3) is 4.28. The van der Waals surface area contributed by atoms with Crippen LogP contribution in [0.4, 0.5) is 5.69 Å². The van der Waals surface area contributed by atoms with E-state index >= 15 is 0 Å². The molecular weight excluding hydrogens is 428 g/mol. The Kier molecular flexibility index (Phi) is 6.07. The summed E-state index contributed by atoms with van der Waals surface area (Å²) in [6, 6.07) is 7.43. The lowest BCUT2D eigenvalue weighted by Gasteiger charge is -2.26. The Labute approximate surface area is 189 Å². The molecule has 4 rings (SSSR count). The van der Waals surface area contributed by atoms with Crippen LogP contribution in [0, 0.1) is 0 Å². The molecule has 3 heterocycles. The highest BCUT2D eigenvalue weighted by Crippen LogP contribution is 2.33. The normalized spacial score (nSPS) is 15.3. The number of carbonyl (C=O) groups is 1. The monoisotopic (exact) mass is 456 g/mol. The zero-order valence-corrected chi connectivity index (χ0v) is 19.4. The smallest absolute Gasteiger partial charge is 0.329 e. The maximum Gasteiger partial charge on any atom is 0.329 e. The number of morpholine rings is 1. The van der Waals surface area contributed by atoms with Crippen molar-refractivity contribution >= 4 is 33.0 Å². The van der Waals surface area contributed by atoms with Gasteiger partial charge in [-0.1, -0.05) is 45.0 Å². The minimum atomic E-state index is -0.566. The fraction of sp³-hybridized carbons (Fsp3) is 0.435. The fourth-order valence-electron chi connectivity index (χ4n) is 3.85. The number of thiophene rings is 1. The minimum absolute atomic E-state index is 0.0257. The van der Waals surface area contributed by atoms with Gasteiger partial charge in [-0.05, 0) is 11.0 Å². The van der Waals surface area contributed by atoms with Crippen LogP contribution < -0.4 is 17.0 Å². The molecule has 8 nitrogen and oxygen atoms in total. The zero-order chi connectivity index (χ0) is 23.0. The van der Waals surface area contributed by atoms with Crippen LogP contribution in [0.1, 0.15) is 41.6 Å². The van der Waals surface area contributed by atoms with Crippen molar-refractivity contribution in [2.24, 2.45) is 0 Å². The summed E-state index contributed by atoms with van der Waals surface area (Å²) in [5, 5.41) is 0.200. The van der Waals surface area contributed by atoms with Gasteiger partial charge in [0.15, 0.2) is 0 Å². The van der Waals surface area contributed by atoms with E-state index in [9.17, 15) is 14.4 Å². The molecule has 9 heteroatoms.